The number of hydrogen-bond acceptors (Lipinski definition) is 4. The lowest BCUT2D eigenvalue weighted by Crippen LogP contribution is -2.23. The zero-order chi connectivity index (χ0) is 14.7. The van der Waals surface area contributed by atoms with Crippen LogP contribution in [0.4, 0.5) is 0 Å². The summed E-state index contributed by atoms with van der Waals surface area (Å²) in [5.74, 6) is -0.331. The van der Waals surface area contributed by atoms with Crippen LogP contribution in [0.25, 0.3) is 11.4 Å². The number of benzene rings is 1. The number of rotatable bonds is 5. The molecule has 1 N–H and O–H groups in total. The van der Waals surface area contributed by atoms with Crippen LogP contribution in [0.2, 0.25) is 5.02 Å². The van der Waals surface area contributed by atoms with Gasteiger partial charge >= 0.3 is 5.97 Å². The molecule has 1 unspecified atom stereocenters. The topological polar surface area (TPSA) is 80.9 Å². The molecule has 0 aliphatic carbocycles. The summed E-state index contributed by atoms with van der Waals surface area (Å²) in [6.07, 6.45) is 0.452. The van der Waals surface area contributed by atoms with Gasteiger partial charge in [0.1, 0.15) is 0 Å². The lowest BCUT2D eigenvalue weighted by Gasteiger charge is -2.16. The summed E-state index contributed by atoms with van der Waals surface area (Å²) >= 11 is 5.95. The van der Waals surface area contributed by atoms with Crippen LogP contribution in [0, 0.1) is 5.92 Å². The summed E-state index contributed by atoms with van der Waals surface area (Å²) in [5.41, 5.74) is 0.692. The monoisotopic (exact) mass is 294 g/mol. The number of aromatic nitrogens is 4. The summed E-state index contributed by atoms with van der Waals surface area (Å²) < 4.78 is 1.34. The van der Waals surface area contributed by atoms with Crippen molar-refractivity contribution < 1.29 is 9.90 Å². The molecule has 0 fully saturated rings. The Morgan fingerprint density at radius 1 is 1.45 bits per heavy atom. The molecule has 0 aliphatic rings. The average molecular weight is 295 g/mol. The quantitative estimate of drug-likeness (QED) is 0.917. The van der Waals surface area contributed by atoms with Gasteiger partial charge in [0.2, 0.25) is 0 Å². The van der Waals surface area contributed by atoms with Crippen molar-refractivity contribution in [3.63, 3.8) is 0 Å². The van der Waals surface area contributed by atoms with Gasteiger partial charge in [0.25, 0.3) is 0 Å². The predicted octanol–water partition coefficient (Wildman–Crippen LogP) is 2.67. The second-order valence-corrected chi connectivity index (χ2v) is 5.38. The fourth-order valence-corrected chi connectivity index (χ4v) is 2.16. The molecule has 6 nitrogen and oxygen atoms in total. The summed E-state index contributed by atoms with van der Waals surface area (Å²) in [4.78, 5) is 11.4. The van der Waals surface area contributed by atoms with Crippen LogP contribution in [0.5, 0.6) is 0 Å². The van der Waals surface area contributed by atoms with Crippen molar-refractivity contribution in [2.75, 3.05) is 0 Å². The minimum Gasteiger partial charge on any atom is -0.480 e. The Bertz CT molecular complexity index is 612. The first-order valence-corrected chi connectivity index (χ1v) is 6.63. The highest BCUT2D eigenvalue weighted by atomic mass is 35.5. The van der Waals surface area contributed by atoms with Gasteiger partial charge in [0, 0.05) is 10.6 Å². The maximum Gasteiger partial charge on any atom is 0.328 e. The molecule has 0 spiro atoms. The van der Waals surface area contributed by atoms with Crippen LogP contribution in [-0.4, -0.2) is 31.3 Å². The molecule has 0 aliphatic heterocycles. The van der Waals surface area contributed by atoms with Gasteiger partial charge in [-0.25, -0.2) is 9.48 Å². The van der Waals surface area contributed by atoms with Crippen molar-refractivity contribution in [3.05, 3.63) is 29.3 Å². The Hall–Kier alpha value is -1.95. The molecule has 20 heavy (non-hydrogen) atoms. The number of halogens is 1. The lowest BCUT2D eigenvalue weighted by molar-refractivity contribution is -0.141. The van der Waals surface area contributed by atoms with Crippen LogP contribution in [0.3, 0.4) is 0 Å². The lowest BCUT2D eigenvalue weighted by atomic mass is 10.0. The average Bonchev–Trinajstić information content (AvgIpc) is 2.84. The minimum atomic E-state index is -0.950. The van der Waals surface area contributed by atoms with Gasteiger partial charge in [-0.15, -0.1) is 5.10 Å². The van der Waals surface area contributed by atoms with Gasteiger partial charge < -0.3 is 5.11 Å². The molecule has 1 heterocycles. The first kappa shape index (κ1) is 14.5. The molecule has 0 bridgehead atoms. The van der Waals surface area contributed by atoms with E-state index in [1.54, 1.807) is 24.3 Å². The van der Waals surface area contributed by atoms with Gasteiger partial charge in [-0.2, -0.15) is 0 Å². The number of hydrogen-bond donors (Lipinski definition) is 1. The minimum absolute atomic E-state index is 0.215. The van der Waals surface area contributed by atoms with Gasteiger partial charge in [0.15, 0.2) is 11.9 Å². The molecule has 106 valence electrons. The number of tetrazole rings is 1. The van der Waals surface area contributed by atoms with Gasteiger partial charge in [-0.3, -0.25) is 0 Å². The second-order valence-electron chi connectivity index (χ2n) is 4.94. The van der Waals surface area contributed by atoms with E-state index in [9.17, 15) is 9.90 Å². The molecule has 2 rings (SSSR count). The molecule has 1 atom stereocenters. The summed E-state index contributed by atoms with van der Waals surface area (Å²) in [6.45, 7) is 3.92. The highest BCUT2D eigenvalue weighted by Gasteiger charge is 2.25. The van der Waals surface area contributed by atoms with E-state index in [0.717, 1.165) is 0 Å². The molecule has 0 saturated heterocycles. The highest BCUT2D eigenvalue weighted by Crippen LogP contribution is 2.25. The first-order chi connectivity index (χ1) is 9.49. The molecular formula is C13H15ClN4O2. The first-order valence-electron chi connectivity index (χ1n) is 6.25. The third-order valence-electron chi connectivity index (χ3n) is 2.85. The molecule has 2 aromatic rings. The highest BCUT2D eigenvalue weighted by molar-refractivity contribution is 6.30. The fourth-order valence-electron chi connectivity index (χ4n) is 1.97. The third kappa shape index (κ3) is 3.14. The van der Waals surface area contributed by atoms with E-state index in [2.05, 4.69) is 15.5 Å². The van der Waals surface area contributed by atoms with Crippen LogP contribution >= 0.6 is 11.6 Å². The van der Waals surface area contributed by atoms with Crippen LogP contribution < -0.4 is 0 Å². The molecule has 1 aromatic carbocycles. The number of carboxylic acids is 1. The van der Waals surface area contributed by atoms with Crippen molar-refractivity contribution in [1.29, 1.82) is 0 Å². The zero-order valence-electron chi connectivity index (χ0n) is 11.2. The SMILES string of the molecule is CC(C)CC(C(=O)O)n1nnnc1-c1cccc(Cl)c1. The summed E-state index contributed by atoms with van der Waals surface area (Å²) in [5, 5.41) is 21.3. The van der Waals surface area contributed by atoms with E-state index < -0.39 is 12.0 Å². The van der Waals surface area contributed by atoms with E-state index in [0.29, 0.717) is 22.8 Å². The number of carboxylic acid groups (broad SMARTS) is 1. The Morgan fingerprint density at radius 2 is 2.20 bits per heavy atom. The maximum absolute atomic E-state index is 11.4. The van der Waals surface area contributed by atoms with Crippen LogP contribution in [-0.2, 0) is 4.79 Å². The van der Waals surface area contributed by atoms with Crippen LogP contribution in [0.1, 0.15) is 26.3 Å². The Morgan fingerprint density at radius 3 is 2.80 bits per heavy atom. The van der Waals surface area contributed by atoms with Crippen molar-refractivity contribution in [3.8, 4) is 11.4 Å². The van der Waals surface area contributed by atoms with Gasteiger partial charge in [-0.05, 0) is 34.9 Å². The number of aliphatic carboxylic acids is 1. The Labute approximate surface area is 121 Å². The van der Waals surface area contributed by atoms with E-state index >= 15 is 0 Å². The second kappa shape index (κ2) is 6.00. The number of nitrogens with zero attached hydrogens (tertiary/aromatic N) is 4. The fraction of sp³-hybridized carbons (Fsp3) is 0.385. The molecular weight excluding hydrogens is 280 g/mol. The molecule has 0 saturated carbocycles. The summed E-state index contributed by atoms with van der Waals surface area (Å²) in [7, 11) is 0. The third-order valence-corrected chi connectivity index (χ3v) is 3.09. The molecule has 0 radical (unpaired) electrons. The van der Waals surface area contributed by atoms with Crippen molar-refractivity contribution in [2.24, 2.45) is 5.92 Å². The molecule has 0 amide bonds. The largest absolute Gasteiger partial charge is 0.480 e. The van der Waals surface area contributed by atoms with Crippen LogP contribution in [0.15, 0.2) is 24.3 Å². The van der Waals surface area contributed by atoms with Gasteiger partial charge in [0.05, 0.1) is 0 Å². The van der Waals surface area contributed by atoms with Crippen molar-refractivity contribution in [1.82, 2.24) is 20.2 Å². The van der Waals surface area contributed by atoms with Crippen molar-refractivity contribution >= 4 is 17.6 Å². The van der Waals surface area contributed by atoms with Gasteiger partial charge in [-0.1, -0.05) is 37.6 Å². The zero-order valence-corrected chi connectivity index (χ0v) is 11.9. The Balaban J connectivity index is 2.43. The van der Waals surface area contributed by atoms with E-state index in [1.165, 1.54) is 4.68 Å². The number of carbonyl (C=O) groups is 1. The normalized spacial score (nSPS) is 12.6. The maximum atomic E-state index is 11.4. The summed E-state index contributed by atoms with van der Waals surface area (Å²) in [6, 6.07) is 6.22. The van der Waals surface area contributed by atoms with E-state index in [4.69, 9.17) is 11.6 Å². The van der Waals surface area contributed by atoms with E-state index in [-0.39, 0.29) is 5.92 Å². The van der Waals surface area contributed by atoms with Crippen molar-refractivity contribution in [2.45, 2.75) is 26.3 Å². The smallest absolute Gasteiger partial charge is 0.328 e. The molecule has 1 aromatic heterocycles. The predicted molar refractivity (Wildman–Crippen MR) is 74.4 cm³/mol. The van der Waals surface area contributed by atoms with E-state index in [1.807, 2.05) is 13.8 Å². The molecule has 7 heteroatoms. The Kier molecular flexibility index (Phi) is 4.34. The standard InChI is InChI=1S/C13H15ClN4O2/c1-8(2)6-11(13(19)20)18-12(15-16-17-18)9-4-3-5-10(14)7-9/h3-5,7-8,11H,6H2,1-2H3,(H,19,20).